The molecule has 0 bridgehead atoms. The average Bonchev–Trinajstić information content (AvgIpc) is 3.33. The minimum absolute atomic E-state index is 0.0289. The van der Waals surface area contributed by atoms with Crippen LogP contribution in [0.1, 0.15) is 40.3 Å². The summed E-state index contributed by atoms with van der Waals surface area (Å²) in [6, 6.07) is 16.1. The van der Waals surface area contributed by atoms with E-state index in [1.165, 1.54) is 11.1 Å². The molecule has 6 heteroatoms. The fourth-order valence-corrected chi connectivity index (χ4v) is 4.37. The number of aromatic nitrogens is 2. The Morgan fingerprint density at radius 1 is 1.17 bits per heavy atom. The van der Waals surface area contributed by atoms with E-state index in [1.807, 2.05) is 48.4 Å². The summed E-state index contributed by atoms with van der Waals surface area (Å²) in [6.45, 7) is 4.71. The summed E-state index contributed by atoms with van der Waals surface area (Å²) < 4.78 is 8.44. The zero-order valence-corrected chi connectivity index (χ0v) is 17.8. The quantitative estimate of drug-likeness (QED) is 0.410. The van der Waals surface area contributed by atoms with Crippen LogP contribution in [0.2, 0.25) is 0 Å². The molecule has 0 saturated heterocycles. The molecule has 0 aliphatic carbocycles. The van der Waals surface area contributed by atoms with Crippen molar-refractivity contribution in [2.75, 3.05) is 6.54 Å². The molecule has 1 aromatic carbocycles. The minimum Gasteiger partial charge on any atom is -0.461 e. The molecule has 1 aliphatic heterocycles. The fourth-order valence-electron chi connectivity index (χ4n) is 4.05. The highest BCUT2D eigenvalue weighted by Gasteiger charge is 2.30. The van der Waals surface area contributed by atoms with Gasteiger partial charge in [-0.25, -0.2) is 4.52 Å². The standard InChI is InChI=1S/C23H20BrN3O2/c1-14-3-8-22(29-14)17-5-4-16-9-10-26(15(2)20(16)11-17)23(28)21-12-19-7-6-18(24)13-27(19)25-21/h3-8,11-13,15H,9-10H2,1-2H3. The number of halogens is 1. The van der Waals surface area contributed by atoms with Gasteiger partial charge in [0, 0.05) is 22.8 Å². The van der Waals surface area contributed by atoms with Gasteiger partial charge in [0.15, 0.2) is 5.69 Å². The van der Waals surface area contributed by atoms with Crippen molar-refractivity contribution < 1.29 is 9.21 Å². The molecular weight excluding hydrogens is 430 g/mol. The van der Waals surface area contributed by atoms with Gasteiger partial charge in [0.1, 0.15) is 11.5 Å². The van der Waals surface area contributed by atoms with Crippen LogP contribution in [0.15, 0.2) is 63.6 Å². The van der Waals surface area contributed by atoms with Gasteiger partial charge < -0.3 is 9.32 Å². The smallest absolute Gasteiger partial charge is 0.274 e. The molecule has 146 valence electrons. The summed E-state index contributed by atoms with van der Waals surface area (Å²) in [7, 11) is 0. The molecule has 4 heterocycles. The van der Waals surface area contributed by atoms with Crippen molar-refractivity contribution in [3.8, 4) is 11.3 Å². The molecule has 3 aromatic heterocycles. The van der Waals surface area contributed by atoms with Crippen molar-refractivity contribution >= 4 is 27.4 Å². The second kappa shape index (κ2) is 6.88. The number of furan rings is 1. The Kier molecular flexibility index (Phi) is 4.32. The van der Waals surface area contributed by atoms with Crippen LogP contribution in [0.3, 0.4) is 0 Å². The monoisotopic (exact) mass is 449 g/mol. The summed E-state index contributed by atoms with van der Waals surface area (Å²) in [5, 5.41) is 4.49. The number of amides is 1. The third-order valence-corrected chi connectivity index (χ3v) is 6.08. The van der Waals surface area contributed by atoms with Crippen LogP contribution in [0.5, 0.6) is 0 Å². The van der Waals surface area contributed by atoms with Gasteiger partial charge in [0.25, 0.3) is 5.91 Å². The lowest BCUT2D eigenvalue weighted by Gasteiger charge is -2.35. The molecule has 5 nitrogen and oxygen atoms in total. The predicted octanol–water partition coefficient (Wildman–Crippen LogP) is 5.42. The Morgan fingerprint density at radius 2 is 2.03 bits per heavy atom. The molecule has 0 fully saturated rings. The summed E-state index contributed by atoms with van der Waals surface area (Å²) >= 11 is 3.45. The number of rotatable bonds is 2. The van der Waals surface area contributed by atoms with Gasteiger partial charge in [-0.05, 0) is 83.7 Å². The number of fused-ring (bicyclic) bond motifs is 2. The SMILES string of the molecule is Cc1ccc(-c2ccc3c(c2)C(C)N(C(=O)c2cc4ccc(Br)cn4n2)CC3)o1. The molecule has 1 unspecified atom stereocenters. The maximum absolute atomic E-state index is 13.3. The number of benzene rings is 1. The van der Waals surface area contributed by atoms with Crippen molar-refractivity contribution in [3.05, 3.63) is 81.8 Å². The second-order valence-corrected chi connectivity index (χ2v) is 8.41. The zero-order chi connectivity index (χ0) is 20.1. The van der Waals surface area contributed by atoms with Crippen LogP contribution in [-0.4, -0.2) is 27.0 Å². The van der Waals surface area contributed by atoms with Crippen molar-refractivity contribution in [2.45, 2.75) is 26.3 Å². The largest absolute Gasteiger partial charge is 0.461 e. The van der Waals surface area contributed by atoms with Crippen molar-refractivity contribution in [3.63, 3.8) is 0 Å². The lowest BCUT2D eigenvalue weighted by atomic mass is 9.91. The Hall–Kier alpha value is -2.86. The second-order valence-electron chi connectivity index (χ2n) is 7.49. The van der Waals surface area contributed by atoms with E-state index in [-0.39, 0.29) is 11.9 Å². The Labute approximate surface area is 177 Å². The minimum atomic E-state index is -0.0396. The third-order valence-electron chi connectivity index (χ3n) is 5.61. The molecular formula is C23H20BrN3O2. The van der Waals surface area contributed by atoms with Crippen LogP contribution in [0.25, 0.3) is 16.8 Å². The van der Waals surface area contributed by atoms with Gasteiger partial charge in [0.2, 0.25) is 0 Å². The summed E-state index contributed by atoms with van der Waals surface area (Å²) in [5.74, 6) is 1.70. The van der Waals surface area contributed by atoms with Gasteiger partial charge in [-0.1, -0.05) is 12.1 Å². The van der Waals surface area contributed by atoms with Gasteiger partial charge in [-0.3, -0.25) is 4.79 Å². The molecule has 1 aliphatic rings. The zero-order valence-electron chi connectivity index (χ0n) is 16.2. The Morgan fingerprint density at radius 3 is 2.83 bits per heavy atom. The molecule has 5 rings (SSSR count). The number of carbonyl (C=O) groups is 1. The number of aryl methyl sites for hydroxylation is 1. The van der Waals surface area contributed by atoms with Crippen LogP contribution in [0.4, 0.5) is 0 Å². The van der Waals surface area contributed by atoms with E-state index in [0.717, 1.165) is 33.5 Å². The van der Waals surface area contributed by atoms with E-state index >= 15 is 0 Å². The lowest BCUT2D eigenvalue weighted by molar-refractivity contribution is 0.0671. The highest BCUT2D eigenvalue weighted by atomic mass is 79.9. The molecule has 29 heavy (non-hydrogen) atoms. The molecule has 0 radical (unpaired) electrons. The first-order valence-corrected chi connectivity index (χ1v) is 10.4. The number of hydrogen-bond acceptors (Lipinski definition) is 3. The number of nitrogens with zero attached hydrogens (tertiary/aromatic N) is 3. The van der Waals surface area contributed by atoms with Gasteiger partial charge in [-0.15, -0.1) is 0 Å². The topological polar surface area (TPSA) is 50.8 Å². The molecule has 0 saturated carbocycles. The van der Waals surface area contributed by atoms with E-state index in [4.69, 9.17) is 4.42 Å². The first-order chi connectivity index (χ1) is 14.0. The molecule has 0 spiro atoms. The average molecular weight is 450 g/mol. The van der Waals surface area contributed by atoms with E-state index < -0.39 is 0 Å². The van der Waals surface area contributed by atoms with Gasteiger partial charge >= 0.3 is 0 Å². The van der Waals surface area contributed by atoms with E-state index in [0.29, 0.717) is 12.2 Å². The highest BCUT2D eigenvalue weighted by molar-refractivity contribution is 9.10. The highest BCUT2D eigenvalue weighted by Crippen LogP contribution is 2.34. The molecule has 0 N–H and O–H groups in total. The van der Waals surface area contributed by atoms with Crippen molar-refractivity contribution in [1.29, 1.82) is 0 Å². The first-order valence-electron chi connectivity index (χ1n) is 9.65. The van der Waals surface area contributed by atoms with E-state index in [1.54, 1.807) is 4.52 Å². The number of pyridine rings is 1. The van der Waals surface area contributed by atoms with Crippen molar-refractivity contribution in [1.82, 2.24) is 14.5 Å². The normalized spacial score (nSPS) is 16.2. The van der Waals surface area contributed by atoms with Crippen LogP contribution in [-0.2, 0) is 6.42 Å². The maximum atomic E-state index is 13.3. The number of hydrogen-bond donors (Lipinski definition) is 0. The van der Waals surface area contributed by atoms with E-state index in [9.17, 15) is 4.79 Å². The number of carbonyl (C=O) groups excluding carboxylic acids is 1. The molecule has 1 atom stereocenters. The molecule has 1 amide bonds. The Bertz CT molecular complexity index is 1240. The van der Waals surface area contributed by atoms with E-state index in [2.05, 4.69) is 46.2 Å². The van der Waals surface area contributed by atoms with Gasteiger partial charge in [0.05, 0.1) is 11.6 Å². The van der Waals surface area contributed by atoms with Crippen LogP contribution >= 0.6 is 15.9 Å². The lowest BCUT2D eigenvalue weighted by Crippen LogP contribution is -2.39. The van der Waals surface area contributed by atoms with Crippen molar-refractivity contribution in [2.24, 2.45) is 0 Å². The maximum Gasteiger partial charge on any atom is 0.274 e. The van der Waals surface area contributed by atoms with Crippen LogP contribution in [0, 0.1) is 6.92 Å². The third kappa shape index (κ3) is 3.17. The summed E-state index contributed by atoms with van der Waals surface area (Å²) in [5.41, 5.74) is 4.86. The first kappa shape index (κ1) is 18.2. The summed E-state index contributed by atoms with van der Waals surface area (Å²) in [4.78, 5) is 15.2. The fraction of sp³-hybridized carbons (Fsp3) is 0.217. The predicted molar refractivity (Wildman–Crippen MR) is 115 cm³/mol. The Balaban J connectivity index is 1.48. The van der Waals surface area contributed by atoms with Crippen LogP contribution < -0.4 is 0 Å². The summed E-state index contributed by atoms with van der Waals surface area (Å²) in [6.07, 6.45) is 2.69. The molecule has 4 aromatic rings. The van der Waals surface area contributed by atoms with Gasteiger partial charge in [-0.2, -0.15) is 5.10 Å².